The van der Waals surface area contributed by atoms with Gasteiger partial charge in [0.1, 0.15) is 12.7 Å². The van der Waals surface area contributed by atoms with Crippen molar-refractivity contribution in [2.75, 3.05) is 0 Å². The Morgan fingerprint density at radius 1 is 1.38 bits per heavy atom. The van der Waals surface area contributed by atoms with Crippen LogP contribution in [0.3, 0.4) is 0 Å². The topological polar surface area (TPSA) is 30.7 Å². The van der Waals surface area contributed by atoms with E-state index in [-0.39, 0.29) is 5.54 Å². The molecule has 0 spiro atoms. The summed E-state index contributed by atoms with van der Waals surface area (Å²) in [6, 6.07) is 0. The molecule has 1 aromatic heterocycles. The fraction of sp³-hybridized carbons (Fsp3) is 0.800. The van der Waals surface area contributed by atoms with E-state index in [0.717, 1.165) is 0 Å². The largest absolute Gasteiger partial charge is 0.247 e. The molecule has 2 rings (SSSR count). The first-order valence-corrected chi connectivity index (χ1v) is 4.86. The van der Waals surface area contributed by atoms with Crippen LogP contribution in [0.15, 0.2) is 12.7 Å². The number of hydrogen-bond donors (Lipinski definition) is 0. The Morgan fingerprint density at radius 3 is 2.46 bits per heavy atom. The van der Waals surface area contributed by atoms with Crippen molar-refractivity contribution in [1.29, 1.82) is 0 Å². The van der Waals surface area contributed by atoms with Crippen molar-refractivity contribution in [2.45, 2.75) is 39.7 Å². The van der Waals surface area contributed by atoms with Gasteiger partial charge in [0.2, 0.25) is 0 Å². The molecule has 1 aliphatic carbocycles. The van der Waals surface area contributed by atoms with E-state index in [4.69, 9.17) is 0 Å². The maximum absolute atomic E-state index is 4.23. The molecule has 1 fully saturated rings. The molecule has 1 aliphatic rings. The zero-order chi connectivity index (χ0) is 9.69. The standard InChI is InChI=1S/C10H17N3/c1-8(2)9(3)5-10(9,4)13-7-11-6-12-13/h6-8H,5H2,1-4H3. The highest BCUT2D eigenvalue weighted by Crippen LogP contribution is 2.64. The Labute approximate surface area is 79.2 Å². The molecule has 0 aromatic carbocycles. The summed E-state index contributed by atoms with van der Waals surface area (Å²) in [6.07, 6.45) is 4.65. The highest BCUT2D eigenvalue weighted by atomic mass is 15.4. The lowest BCUT2D eigenvalue weighted by atomic mass is 9.90. The molecule has 0 amide bonds. The number of hydrogen-bond acceptors (Lipinski definition) is 2. The Kier molecular flexibility index (Phi) is 1.57. The minimum atomic E-state index is 0.192. The van der Waals surface area contributed by atoms with Gasteiger partial charge in [-0.3, -0.25) is 0 Å². The molecule has 0 bridgehead atoms. The molecule has 1 aromatic rings. The summed E-state index contributed by atoms with van der Waals surface area (Å²) in [4.78, 5) is 4.01. The Bertz CT molecular complexity index is 304. The van der Waals surface area contributed by atoms with Crippen LogP contribution >= 0.6 is 0 Å². The van der Waals surface area contributed by atoms with Crippen LogP contribution in [-0.2, 0) is 5.54 Å². The first-order valence-electron chi connectivity index (χ1n) is 4.86. The first kappa shape index (κ1) is 8.73. The van der Waals surface area contributed by atoms with E-state index in [1.54, 1.807) is 6.33 Å². The quantitative estimate of drug-likeness (QED) is 0.695. The van der Waals surface area contributed by atoms with E-state index < -0.39 is 0 Å². The van der Waals surface area contributed by atoms with Gasteiger partial charge in [0.15, 0.2) is 0 Å². The minimum Gasteiger partial charge on any atom is -0.247 e. The molecule has 1 heterocycles. The molecule has 13 heavy (non-hydrogen) atoms. The third-order valence-electron chi connectivity index (χ3n) is 4.02. The van der Waals surface area contributed by atoms with Crippen LogP contribution < -0.4 is 0 Å². The lowest BCUT2D eigenvalue weighted by molar-refractivity contribution is 0.274. The molecule has 72 valence electrons. The zero-order valence-electron chi connectivity index (χ0n) is 8.78. The van der Waals surface area contributed by atoms with Gasteiger partial charge in [0.05, 0.1) is 5.54 Å². The van der Waals surface area contributed by atoms with Gasteiger partial charge >= 0.3 is 0 Å². The smallest absolute Gasteiger partial charge is 0.137 e. The maximum atomic E-state index is 4.23. The van der Waals surface area contributed by atoms with Crippen molar-refractivity contribution in [1.82, 2.24) is 14.8 Å². The predicted octanol–water partition coefficient (Wildman–Crippen LogP) is 2.06. The summed E-state index contributed by atoms with van der Waals surface area (Å²) in [7, 11) is 0. The van der Waals surface area contributed by atoms with Crippen molar-refractivity contribution < 1.29 is 0 Å². The Hall–Kier alpha value is -0.860. The van der Waals surface area contributed by atoms with E-state index in [2.05, 4.69) is 37.8 Å². The van der Waals surface area contributed by atoms with Crippen LogP contribution in [0.4, 0.5) is 0 Å². The Morgan fingerprint density at radius 2 is 2.08 bits per heavy atom. The fourth-order valence-corrected chi connectivity index (χ4v) is 2.30. The maximum Gasteiger partial charge on any atom is 0.137 e. The minimum absolute atomic E-state index is 0.192. The van der Waals surface area contributed by atoms with Gasteiger partial charge in [0.25, 0.3) is 0 Å². The van der Waals surface area contributed by atoms with Crippen LogP contribution in [0.5, 0.6) is 0 Å². The van der Waals surface area contributed by atoms with E-state index in [0.29, 0.717) is 11.3 Å². The van der Waals surface area contributed by atoms with Gasteiger partial charge in [-0.2, -0.15) is 5.10 Å². The van der Waals surface area contributed by atoms with E-state index in [1.165, 1.54) is 6.42 Å². The molecule has 0 saturated heterocycles. The average Bonchev–Trinajstić information content (AvgIpc) is 2.56. The second-order valence-electron chi connectivity index (χ2n) is 4.86. The normalized spacial score (nSPS) is 38.2. The highest BCUT2D eigenvalue weighted by Gasteiger charge is 2.64. The van der Waals surface area contributed by atoms with Crippen LogP contribution in [0.25, 0.3) is 0 Å². The summed E-state index contributed by atoms with van der Waals surface area (Å²) in [5.74, 6) is 0.696. The number of aromatic nitrogens is 3. The van der Waals surface area contributed by atoms with Crippen LogP contribution in [0, 0.1) is 11.3 Å². The second kappa shape index (κ2) is 2.34. The summed E-state index contributed by atoms with van der Waals surface area (Å²) in [5, 5.41) is 4.23. The highest BCUT2D eigenvalue weighted by molar-refractivity contribution is 5.14. The summed E-state index contributed by atoms with van der Waals surface area (Å²) in [6.45, 7) is 9.16. The van der Waals surface area contributed by atoms with Crippen molar-refractivity contribution in [3.8, 4) is 0 Å². The third kappa shape index (κ3) is 0.960. The summed E-state index contributed by atoms with van der Waals surface area (Å²) in [5.41, 5.74) is 0.582. The van der Waals surface area contributed by atoms with Crippen LogP contribution in [0.1, 0.15) is 34.1 Å². The first-order chi connectivity index (χ1) is 6.01. The lowest BCUT2D eigenvalue weighted by Gasteiger charge is -2.22. The van der Waals surface area contributed by atoms with Gasteiger partial charge in [-0.1, -0.05) is 20.8 Å². The molecule has 1 saturated carbocycles. The van der Waals surface area contributed by atoms with Gasteiger partial charge in [-0.05, 0) is 24.7 Å². The molecule has 0 aliphatic heterocycles. The average molecular weight is 179 g/mol. The summed E-state index contributed by atoms with van der Waals surface area (Å²) >= 11 is 0. The van der Waals surface area contributed by atoms with Crippen molar-refractivity contribution >= 4 is 0 Å². The Balaban J connectivity index is 2.29. The monoisotopic (exact) mass is 179 g/mol. The SMILES string of the molecule is CC(C)C1(C)CC1(C)n1cncn1. The molecule has 0 N–H and O–H groups in total. The number of nitrogens with zero attached hydrogens (tertiary/aromatic N) is 3. The second-order valence-corrected chi connectivity index (χ2v) is 4.86. The van der Waals surface area contributed by atoms with Crippen molar-refractivity contribution in [2.24, 2.45) is 11.3 Å². The van der Waals surface area contributed by atoms with E-state index in [9.17, 15) is 0 Å². The van der Waals surface area contributed by atoms with E-state index >= 15 is 0 Å². The molecule has 3 nitrogen and oxygen atoms in total. The van der Waals surface area contributed by atoms with Crippen molar-refractivity contribution in [3.63, 3.8) is 0 Å². The molecule has 0 radical (unpaired) electrons. The molecular weight excluding hydrogens is 162 g/mol. The zero-order valence-corrected chi connectivity index (χ0v) is 8.78. The van der Waals surface area contributed by atoms with E-state index in [1.807, 2.05) is 11.0 Å². The van der Waals surface area contributed by atoms with Gasteiger partial charge in [-0.25, -0.2) is 9.67 Å². The molecule has 2 unspecified atom stereocenters. The fourth-order valence-electron chi connectivity index (χ4n) is 2.30. The number of rotatable bonds is 2. The predicted molar refractivity (Wildman–Crippen MR) is 51.2 cm³/mol. The molecule has 3 heteroatoms. The lowest BCUT2D eigenvalue weighted by Crippen LogP contribution is -2.24. The van der Waals surface area contributed by atoms with Crippen LogP contribution in [0.2, 0.25) is 0 Å². The van der Waals surface area contributed by atoms with Gasteiger partial charge in [0, 0.05) is 0 Å². The van der Waals surface area contributed by atoms with Crippen LogP contribution in [-0.4, -0.2) is 14.8 Å². The molecule has 2 atom stereocenters. The van der Waals surface area contributed by atoms with Gasteiger partial charge in [-0.15, -0.1) is 0 Å². The summed E-state index contributed by atoms with van der Waals surface area (Å²) < 4.78 is 2.01. The van der Waals surface area contributed by atoms with Gasteiger partial charge < -0.3 is 0 Å². The third-order valence-corrected chi connectivity index (χ3v) is 4.02. The van der Waals surface area contributed by atoms with Crippen molar-refractivity contribution in [3.05, 3.63) is 12.7 Å². The molecular formula is C10H17N3.